The number of benzene rings is 1. The number of pyridine rings is 1. The summed E-state index contributed by atoms with van der Waals surface area (Å²) in [5, 5.41) is 0. The van der Waals surface area contributed by atoms with E-state index in [1.165, 1.54) is 5.56 Å². The Labute approximate surface area is 146 Å². The Morgan fingerprint density at radius 1 is 1.24 bits per heavy atom. The standard InChI is InChI=1S/C20H21N3O2/c1-15-5-9-18(10-6-15)25-14-20(24)23(16-7-8-16)13-17-12-21-19-4-2-3-11-22(17)19/h2-6,9-12,16H,7-8,13-14H2,1H3. The zero-order valence-corrected chi connectivity index (χ0v) is 14.3. The summed E-state index contributed by atoms with van der Waals surface area (Å²) in [4.78, 5) is 19.0. The lowest BCUT2D eigenvalue weighted by Crippen LogP contribution is -2.36. The van der Waals surface area contributed by atoms with Crippen LogP contribution < -0.4 is 4.74 Å². The van der Waals surface area contributed by atoms with Crippen molar-refractivity contribution in [2.24, 2.45) is 0 Å². The topological polar surface area (TPSA) is 46.8 Å². The summed E-state index contributed by atoms with van der Waals surface area (Å²) in [5.74, 6) is 0.749. The molecule has 0 radical (unpaired) electrons. The molecule has 2 heterocycles. The van der Waals surface area contributed by atoms with E-state index < -0.39 is 0 Å². The molecule has 0 N–H and O–H groups in total. The van der Waals surface area contributed by atoms with Crippen molar-refractivity contribution < 1.29 is 9.53 Å². The molecule has 0 saturated heterocycles. The molecule has 0 unspecified atom stereocenters. The van der Waals surface area contributed by atoms with Crippen LogP contribution in [0.5, 0.6) is 5.75 Å². The molecule has 1 aliphatic carbocycles. The average Bonchev–Trinajstić information content (AvgIpc) is 3.39. The number of amides is 1. The van der Waals surface area contributed by atoms with Gasteiger partial charge in [-0.2, -0.15) is 0 Å². The monoisotopic (exact) mass is 335 g/mol. The van der Waals surface area contributed by atoms with Gasteiger partial charge in [0.05, 0.1) is 18.4 Å². The second-order valence-electron chi connectivity index (χ2n) is 6.53. The van der Waals surface area contributed by atoms with Crippen LogP contribution in [0.25, 0.3) is 5.65 Å². The van der Waals surface area contributed by atoms with E-state index in [0.29, 0.717) is 12.6 Å². The van der Waals surface area contributed by atoms with Gasteiger partial charge in [0.2, 0.25) is 0 Å². The van der Waals surface area contributed by atoms with E-state index in [1.807, 2.05) is 71.1 Å². The van der Waals surface area contributed by atoms with Gasteiger partial charge in [-0.1, -0.05) is 23.8 Å². The second-order valence-corrected chi connectivity index (χ2v) is 6.53. The highest BCUT2D eigenvalue weighted by Gasteiger charge is 2.33. The SMILES string of the molecule is Cc1ccc(OCC(=O)N(Cc2cnc3ccccn23)C2CC2)cc1. The zero-order valence-electron chi connectivity index (χ0n) is 14.3. The summed E-state index contributed by atoms with van der Waals surface area (Å²) < 4.78 is 7.71. The minimum atomic E-state index is 0.0222. The van der Waals surface area contributed by atoms with Crippen LogP contribution in [0, 0.1) is 6.92 Å². The van der Waals surface area contributed by atoms with Crippen molar-refractivity contribution in [2.75, 3.05) is 6.61 Å². The van der Waals surface area contributed by atoms with Crippen LogP contribution in [0.15, 0.2) is 54.9 Å². The van der Waals surface area contributed by atoms with E-state index >= 15 is 0 Å². The molecule has 1 aliphatic rings. The molecule has 1 fully saturated rings. The maximum Gasteiger partial charge on any atom is 0.261 e. The molecule has 3 aromatic rings. The number of nitrogens with zero attached hydrogens (tertiary/aromatic N) is 3. The lowest BCUT2D eigenvalue weighted by atomic mass is 10.2. The number of aryl methyl sites for hydroxylation is 1. The molecule has 5 nitrogen and oxygen atoms in total. The maximum absolute atomic E-state index is 12.7. The van der Waals surface area contributed by atoms with Crippen LogP contribution in [-0.4, -0.2) is 32.8 Å². The van der Waals surface area contributed by atoms with Gasteiger partial charge in [0.1, 0.15) is 11.4 Å². The summed E-state index contributed by atoms with van der Waals surface area (Å²) in [6, 6.07) is 14.0. The van der Waals surface area contributed by atoms with Gasteiger partial charge < -0.3 is 14.0 Å². The van der Waals surface area contributed by atoms with Crippen LogP contribution in [-0.2, 0) is 11.3 Å². The van der Waals surface area contributed by atoms with Crippen LogP contribution in [0.3, 0.4) is 0 Å². The van der Waals surface area contributed by atoms with E-state index in [1.54, 1.807) is 0 Å². The molecule has 1 aromatic carbocycles. The number of rotatable bonds is 6. The summed E-state index contributed by atoms with van der Waals surface area (Å²) >= 11 is 0. The molecule has 5 heteroatoms. The van der Waals surface area contributed by atoms with E-state index in [9.17, 15) is 4.79 Å². The van der Waals surface area contributed by atoms with E-state index in [-0.39, 0.29) is 12.5 Å². The Balaban J connectivity index is 1.45. The number of carbonyl (C=O) groups excluding carboxylic acids is 1. The fraction of sp³-hybridized carbons (Fsp3) is 0.300. The Morgan fingerprint density at radius 3 is 2.80 bits per heavy atom. The predicted molar refractivity (Wildman–Crippen MR) is 95.4 cm³/mol. The summed E-state index contributed by atoms with van der Waals surface area (Å²) in [6.45, 7) is 2.65. The number of hydrogen-bond donors (Lipinski definition) is 0. The van der Waals surface area contributed by atoms with Gasteiger partial charge in [0, 0.05) is 12.2 Å². The first-order chi connectivity index (χ1) is 12.2. The molecule has 2 aromatic heterocycles. The molecule has 4 rings (SSSR count). The first-order valence-electron chi connectivity index (χ1n) is 8.60. The first kappa shape index (κ1) is 15.7. The van der Waals surface area contributed by atoms with Crippen LogP contribution >= 0.6 is 0 Å². The molecular weight excluding hydrogens is 314 g/mol. The first-order valence-corrected chi connectivity index (χ1v) is 8.60. The molecule has 1 amide bonds. The van der Waals surface area contributed by atoms with Gasteiger partial charge in [-0.05, 0) is 44.0 Å². The second kappa shape index (κ2) is 6.59. The summed E-state index contributed by atoms with van der Waals surface area (Å²) in [7, 11) is 0. The molecule has 0 bridgehead atoms. The summed E-state index contributed by atoms with van der Waals surface area (Å²) in [6.07, 6.45) is 5.95. The smallest absolute Gasteiger partial charge is 0.261 e. The van der Waals surface area contributed by atoms with E-state index in [2.05, 4.69) is 4.98 Å². The van der Waals surface area contributed by atoms with Gasteiger partial charge in [-0.3, -0.25) is 4.79 Å². The number of ether oxygens (including phenoxy) is 1. The van der Waals surface area contributed by atoms with Crippen molar-refractivity contribution >= 4 is 11.6 Å². The maximum atomic E-state index is 12.7. The van der Waals surface area contributed by atoms with Crippen molar-refractivity contribution in [2.45, 2.75) is 32.4 Å². The highest BCUT2D eigenvalue weighted by atomic mass is 16.5. The molecule has 128 valence electrons. The normalized spacial score (nSPS) is 13.8. The molecule has 25 heavy (non-hydrogen) atoms. The number of hydrogen-bond acceptors (Lipinski definition) is 3. The Morgan fingerprint density at radius 2 is 2.04 bits per heavy atom. The van der Waals surface area contributed by atoms with Crippen molar-refractivity contribution in [3.63, 3.8) is 0 Å². The number of fused-ring (bicyclic) bond motifs is 1. The zero-order chi connectivity index (χ0) is 17.2. The van der Waals surface area contributed by atoms with Gasteiger partial charge >= 0.3 is 0 Å². The Kier molecular flexibility index (Phi) is 4.14. The number of imidazole rings is 1. The minimum Gasteiger partial charge on any atom is -0.484 e. The fourth-order valence-electron chi connectivity index (χ4n) is 2.95. The van der Waals surface area contributed by atoms with Crippen molar-refractivity contribution in [1.29, 1.82) is 0 Å². The van der Waals surface area contributed by atoms with Gasteiger partial charge in [-0.25, -0.2) is 4.98 Å². The number of carbonyl (C=O) groups is 1. The third-order valence-electron chi connectivity index (χ3n) is 4.52. The molecule has 0 atom stereocenters. The molecule has 1 saturated carbocycles. The van der Waals surface area contributed by atoms with Gasteiger partial charge in [0.25, 0.3) is 5.91 Å². The largest absolute Gasteiger partial charge is 0.484 e. The quantitative estimate of drug-likeness (QED) is 0.695. The van der Waals surface area contributed by atoms with Crippen LogP contribution in [0.4, 0.5) is 0 Å². The van der Waals surface area contributed by atoms with E-state index in [0.717, 1.165) is 29.9 Å². The van der Waals surface area contributed by atoms with Gasteiger partial charge in [-0.15, -0.1) is 0 Å². The Bertz CT molecular complexity index is 881. The highest BCUT2D eigenvalue weighted by molar-refractivity contribution is 5.78. The van der Waals surface area contributed by atoms with Crippen LogP contribution in [0.2, 0.25) is 0 Å². The third-order valence-corrected chi connectivity index (χ3v) is 4.52. The molecule has 0 spiro atoms. The lowest BCUT2D eigenvalue weighted by molar-refractivity contribution is -0.134. The lowest BCUT2D eigenvalue weighted by Gasteiger charge is -2.22. The van der Waals surface area contributed by atoms with Gasteiger partial charge in [0.15, 0.2) is 6.61 Å². The van der Waals surface area contributed by atoms with Crippen LogP contribution in [0.1, 0.15) is 24.1 Å². The number of aromatic nitrogens is 2. The predicted octanol–water partition coefficient (Wildman–Crippen LogP) is 3.21. The summed E-state index contributed by atoms with van der Waals surface area (Å²) in [5.41, 5.74) is 3.09. The van der Waals surface area contributed by atoms with Crippen molar-refractivity contribution in [3.8, 4) is 5.75 Å². The highest BCUT2D eigenvalue weighted by Crippen LogP contribution is 2.28. The van der Waals surface area contributed by atoms with Crippen molar-refractivity contribution in [1.82, 2.24) is 14.3 Å². The van der Waals surface area contributed by atoms with Crippen molar-refractivity contribution in [3.05, 3.63) is 66.1 Å². The fourth-order valence-corrected chi connectivity index (χ4v) is 2.95. The molecular formula is C20H21N3O2. The Hall–Kier alpha value is -2.82. The van der Waals surface area contributed by atoms with E-state index in [4.69, 9.17) is 4.74 Å². The minimum absolute atomic E-state index is 0.0222. The third kappa shape index (κ3) is 3.50. The average molecular weight is 335 g/mol. The molecule has 0 aliphatic heterocycles.